The van der Waals surface area contributed by atoms with E-state index in [0.29, 0.717) is 106 Å². The number of pyridine rings is 2. The molecule has 3 aromatic heterocycles. The molecule has 16 rings (SSSR count). The molecule has 0 spiro atoms. The zero-order valence-corrected chi connectivity index (χ0v) is 70.0. The second-order valence-corrected chi connectivity index (χ2v) is 33.3. The summed E-state index contributed by atoms with van der Waals surface area (Å²) in [6, 6.07) is 28.1. The number of nitrogens with two attached hydrogens (primary N) is 2. The molecule has 8 aromatic rings. The van der Waals surface area contributed by atoms with Crippen molar-refractivity contribution in [3.8, 4) is 29.7 Å². The molecule has 658 valence electrons. The Kier molecular flexibility index (Phi) is 32.4. The van der Waals surface area contributed by atoms with Crippen molar-refractivity contribution in [1.82, 2.24) is 40.0 Å². The number of aryl methyl sites for hydroxylation is 4. The summed E-state index contributed by atoms with van der Waals surface area (Å²) in [5.41, 5.74) is 18.1. The smallest absolute Gasteiger partial charge is 0.416 e. The second-order valence-electron chi connectivity index (χ2n) is 31.6. The summed E-state index contributed by atoms with van der Waals surface area (Å²) in [5, 5.41) is 42.3. The number of carboxylic acids is 1. The molecule has 8 fully saturated rings. The largest absolute Gasteiger partial charge is 0.478 e. The molecule has 5 aromatic carbocycles. The summed E-state index contributed by atoms with van der Waals surface area (Å²) in [6.45, 7) is 18.2. The number of alkyl halides is 9. The Balaban J connectivity index is 0.000000162. The molecule has 0 radical (unpaired) electrons. The second kappa shape index (κ2) is 42.0. The van der Waals surface area contributed by atoms with Crippen molar-refractivity contribution in [3.63, 3.8) is 0 Å². The monoisotopic (exact) mass is 1750 g/mol. The number of nitriles is 3. The van der Waals surface area contributed by atoms with Gasteiger partial charge >= 0.3 is 24.5 Å². The topological polar surface area (TPSA) is 363 Å². The molecule has 36 heteroatoms. The summed E-state index contributed by atoms with van der Waals surface area (Å²) in [5.74, 6) is -2.15. The number of benzene rings is 5. The molecular formula is C87H98ClF9N14O11S. The minimum absolute atomic E-state index is 0. The first-order valence-electron chi connectivity index (χ1n) is 40.1. The number of aromatic carboxylic acids is 1. The first-order valence-corrected chi connectivity index (χ1v) is 41.9. The summed E-state index contributed by atoms with van der Waals surface area (Å²) in [6.07, 6.45) is 5.08. The van der Waals surface area contributed by atoms with Crippen molar-refractivity contribution in [3.05, 3.63) is 209 Å². The highest BCUT2D eigenvalue weighted by atomic mass is 35.5. The fourth-order valence-electron chi connectivity index (χ4n) is 16.0. The lowest BCUT2D eigenvalue weighted by molar-refractivity contribution is -0.138. The third-order valence-corrected chi connectivity index (χ3v) is 22.8. The number of rotatable bonds is 17. The third-order valence-electron chi connectivity index (χ3n) is 22.2. The number of ether oxygens (including phenoxy) is 4. The molecule has 8 aliphatic heterocycles. The number of aromatic nitrogens is 4. The van der Waals surface area contributed by atoms with Crippen LogP contribution >= 0.6 is 12.4 Å². The van der Waals surface area contributed by atoms with Gasteiger partial charge in [0.25, 0.3) is 21.6 Å². The number of carboxylic acid groups (broad SMARTS) is 1. The number of nitrogens with zero attached hydrogens (tertiary/aromatic N) is 9. The van der Waals surface area contributed by atoms with Crippen molar-refractivity contribution >= 4 is 62.4 Å². The van der Waals surface area contributed by atoms with Crippen molar-refractivity contribution in [2.24, 2.45) is 0 Å². The number of aromatic amines is 1. The van der Waals surface area contributed by atoms with Gasteiger partial charge in [-0.25, -0.2) is 9.78 Å². The molecular weight excluding hydrogens is 1660 g/mol. The summed E-state index contributed by atoms with van der Waals surface area (Å²) >= 11 is 0. The highest BCUT2D eigenvalue weighted by Crippen LogP contribution is 2.36. The average Bonchev–Trinajstić information content (AvgIpc) is 1.76. The Morgan fingerprint density at radius 2 is 0.959 bits per heavy atom. The Morgan fingerprint density at radius 1 is 0.553 bits per heavy atom. The van der Waals surface area contributed by atoms with Crippen molar-refractivity contribution in [1.29, 1.82) is 15.8 Å². The van der Waals surface area contributed by atoms with Crippen LogP contribution in [0, 0.1) is 61.7 Å². The van der Waals surface area contributed by atoms with E-state index in [4.69, 9.17) is 46.0 Å². The Morgan fingerprint density at radius 3 is 1.41 bits per heavy atom. The van der Waals surface area contributed by atoms with Gasteiger partial charge in [0.2, 0.25) is 0 Å². The van der Waals surface area contributed by atoms with Gasteiger partial charge in [0.15, 0.2) is 5.82 Å². The van der Waals surface area contributed by atoms with E-state index in [1.54, 1.807) is 26.0 Å². The van der Waals surface area contributed by atoms with E-state index < -0.39 is 62.8 Å². The first-order chi connectivity index (χ1) is 57.8. The van der Waals surface area contributed by atoms with Gasteiger partial charge in [-0.2, -0.15) is 63.7 Å². The number of likely N-dealkylation sites (tertiary alicyclic amines) is 3. The number of nitrogens with one attached hydrogen (secondary N) is 3. The molecule has 8 unspecified atom stereocenters. The van der Waals surface area contributed by atoms with E-state index in [9.17, 15) is 67.6 Å². The lowest BCUT2D eigenvalue weighted by atomic mass is 10.0. The summed E-state index contributed by atoms with van der Waals surface area (Å²) in [4.78, 5) is 57.7. The van der Waals surface area contributed by atoms with Gasteiger partial charge < -0.3 is 51.1 Å². The van der Waals surface area contributed by atoms with Crippen LogP contribution in [0.2, 0.25) is 0 Å². The lowest BCUT2D eigenvalue weighted by Gasteiger charge is -2.32. The Hall–Kier alpha value is -10.2. The fraction of sp³-hybridized carbons (Fsp3) is 0.460. The zero-order chi connectivity index (χ0) is 88.0. The lowest BCUT2D eigenvalue weighted by Crippen LogP contribution is -2.43. The molecule has 1 amide bonds. The number of hydrogen-bond acceptors (Lipinski definition) is 22. The molecule has 8 saturated heterocycles. The van der Waals surface area contributed by atoms with Gasteiger partial charge in [-0.3, -0.25) is 38.4 Å². The Bertz CT molecular complexity index is 5340. The van der Waals surface area contributed by atoms with E-state index in [0.717, 1.165) is 205 Å². The van der Waals surface area contributed by atoms with E-state index in [-0.39, 0.29) is 53.0 Å². The molecule has 0 saturated carbocycles. The number of halogens is 10. The number of anilines is 3. The maximum absolute atomic E-state index is 13.0. The SMILES string of the molecule is C1CC2CNCC1O2.Cc1cc(CCN2CC3CCC(C2)O3)cc(C#N)c1N.Cc1cc(CCN2CC3CCC(C2)O3)cc(C#N)c1NC(=O)c1cc(C(F)(F)F)ccn1.Cc1cc(CCN2CC3CCC(C2)O3)cc2c(=O)[nH]c(-c3cc(C(F)(F)F)ccn3)nc12.Cc1cc(CCOS(C)(=O)=O)cc(C#N)c1N.Cl.O=C(O)c1cccc(C(F)(F)F)c1. The Labute approximate surface area is 712 Å². The maximum Gasteiger partial charge on any atom is 0.416 e. The van der Waals surface area contributed by atoms with Crippen LogP contribution in [-0.2, 0) is 77.5 Å². The number of nitrogen functional groups attached to an aromatic ring is 2. The number of amides is 1. The van der Waals surface area contributed by atoms with Crippen LogP contribution < -0.4 is 27.7 Å². The van der Waals surface area contributed by atoms with Gasteiger partial charge in [0.1, 0.15) is 29.6 Å². The molecule has 8 bridgehead atoms. The van der Waals surface area contributed by atoms with Crippen LogP contribution in [0.5, 0.6) is 0 Å². The number of hydrogen-bond donors (Lipinski definition) is 6. The highest BCUT2D eigenvalue weighted by Gasteiger charge is 2.38. The quantitative estimate of drug-likeness (QED) is 0.0280. The van der Waals surface area contributed by atoms with Crippen LogP contribution in [0.4, 0.5) is 56.6 Å². The van der Waals surface area contributed by atoms with E-state index in [1.807, 2.05) is 50.2 Å². The van der Waals surface area contributed by atoms with Gasteiger partial charge in [-0.15, -0.1) is 12.4 Å². The third kappa shape index (κ3) is 26.9. The first kappa shape index (κ1) is 95.0. The number of carbonyl (C=O) groups is 2. The molecule has 8 N–H and O–H groups in total. The van der Waals surface area contributed by atoms with Crippen LogP contribution in [0.1, 0.15) is 150 Å². The zero-order valence-electron chi connectivity index (χ0n) is 68.4. The number of morpholine rings is 4. The fourth-order valence-corrected chi connectivity index (χ4v) is 16.4. The van der Waals surface area contributed by atoms with Gasteiger partial charge in [0.05, 0.1) is 129 Å². The standard InChI is InChI=1S/2C23H23F3N4O2.C16H21N3O.C11H14N2O3S.C8H5F3O2.C6H11NO.ClH/c1-13-8-14(5-7-30-11-16-2-3-17(12-30)32-16)9-18-20(13)28-21(29-22(18)31)19-10-15(4-6-27-19)23(24,25)26;1-14-8-15(5-7-30-12-18-2-3-19(13-30)32-18)9-16(11-27)21(14)29-22(31)20-10-17(4-6-28-20)23(24,25)26;1-11-6-12(7-13(8-17)16(11)18)4-5-19-9-14-2-3-15(10-19)20-14;1-8-5-9(3-4-16-17(2,14)15)6-10(7-12)11(8)13;9-8(10,11)6-3-1-2-5(4-6)7(12)13;1-2-6-4-7-3-5(1)8-6;/h4,6,8-10,16-17H,2-3,5,7,11-12H2,1H3,(H,28,29,31);4,6,8-10,18-19H,2-3,5,7,12-13H2,1H3,(H,29,31);6-7,14-15H,2-5,9-10,18H2,1H3;5-6H,3-4,13H2,1-2H3;1-4H,(H,12,13);5-7H,1-4H2;1H. The molecule has 11 heterocycles. The summed E-state index contributed by atoms with van der Waals surface area (Å²) in [7, 11) is -3.42. The predicted octanol–water partition coefficient (Wildman–Crippen LogP) is 13.4. The van der Waals surface area contributed by atoms with E-state index in [2.05, 4.69) is 67.7 Å². The van der Waals surface area contributed by atoms with Gasteiger partial charge in [-0.05, 0) is 216 Å². The molecule has 123 heavy (non-hydrogen) atoms. The predicted molar refractivity (Wildman–Crippen MR) is 444 cm³/mol. The molecule has 8 aliphatic rings. The summed E-state index contributed by atoms with van der Waals surface area (Å²) < 4.78 is 163. The molecule has 25 nitrogen and oxygen atoms in total. The maximum atomic E-state index is 13.0. The molecule has 8 atom stereocenters. The van der Waals surface area contributed by atoms with Crippen molar-refractivity contribution < 1.29 is 85.8 Å². The van der Waals surface area contributed by atoms with Gasteiger partial charge in [-0.1, -0.05) is 30.3 Å². The van der Waals surface area contributed by atoms with Crippen LogP contribution in [0.15, 0.2) is 114 Å². The normalized spacial score (nSPS) is 20.8. The minimum Gasteiger partial charge on any atom is -0.478 e. The number of H-pyrrole nitrogens is 1. The number of carbonyl (C=O) groups excluding carboxylic acids is 1. The average molecular weight is 1750 g/mol. The van der Waals surface area contributed by atoms with Crippen LogP contribution in [-0.4, -0.2) is 194 Å². The van der Waals surface area contributed by atoms with Gasteiger partial charge in [0, 0.05) is 84.4 Å². The minimum atomic E-state index is -4.58. The highest BCUT2D eigenvalue weighted by molar-refractivity contribution is 7.86. The van der Waals surface area contributed by atoms with E-state index in [1.165, 1.54) is 31.2 Å². The number of fused-ring (bicyclic) bond motifs is 9. The van der Waals surface area contributed by atoms with Crippen molar-refractivity contribution in [2.45, 2.75) is 172 Å². The van der Waals surface area contributed by atoms with Crippen LogP contribution in [0.3, 0.4) is 0 Å². The molecule has 0 aliphatic carbocycles. The van der Waals surface area contributed by atoms with Crippen LogP contribution in [0.25, 0.3) is 22.4 Å². The van der Waals surface area contributed by atoms with Crippen molar-refractivity contribution in [2.75, 3.05) is 102 Å². The van der Waals surface area contributed by atoms with E-state index >= 15 is 0 Å².